The second kappa shape index (κ2) is 6.32. The van der Waals surface area contributed by atoms with Gasteiger partial charge < -0.3 is 5.73 Å². The normalized spacial score (nSPS) is 22.8. The SMILES string of the molecule is NC[C@H]1CCCC[C@H]1NS(=O)(=O)c1cccc2cnccc12. The Kier molecular flexibility index (Phi) is 4.42. The summed E-state index contributed by atoms with van der Waals surface area (Å²) >= 11 is 0. The van der Waals surface area contributed by atoms with E-state index in [9.17, 15) is 8.42 Å². The number of nitrogens with two attached hydrogens (primary N) is 1. The Hall–Kier alpha value is -1.50. The van der Waals surface area contributed by atoms with Crippen LogP contribution in [0, 0.1) is 5.92 Å². The molecule has 1 saturated carbocycles. The first-order valence-corrected chi connectivity index (χ1v) is 9.15. The summed E-state index contributed by atoms with van der Waals surface area (Å²) < 4.78 is 28.5. The fourth-order valence-corrected chi connectivity index (χ4v) is 4.80. The second-order valence-electron chi connectivity index (χ2n) is 5.86. The molecule has 1 aromatic carbocycles. The first-order chi connectivity index (χ1) is 10.6. The minimum absolute atomic E-state index is 0.0687. The van der Waals surface area contributed by atoms with Gasteiger partial charge in [-0.3, -0.25) is 4.98 Å². The average molecular weight is 319 g/mol. The fraction of sp³-hybridized carbons (Fsp3) is 0.438. The lowest BCUT2D eigenvalue weighted by atomic mass is 9.85. The number of fused-ring (bicyclic) bond motifs is 1. The Labute approximate surface area is 131 Å². The lowest BCUT2D eigenvalue weighted by Gasteiger charge is -2.31. The maximum Gasteiger partial charge on any atom is 0.241 e. The number of aromatic nitrogens is 1. The summed E-state index contributed by atoms with van der Waals surface area (Å²) in [5.41, 5.74) is 5.80. The van der Waals surface area contributed by atoms with Crippen molar-refractivity contribution in [3.63, 3.8) is 0 Å². The lowest BCUT2D eigenvalue weighted by Crippen LogP contribution is -2.44. The number of sulfonamides is 1. The summed E-state index contributed by atoms with van der Waals surface area (Å²) in [4.78, 5) is 4.36. The summed E-state index contributed by atoms with van der Waals surface area (Å²) in [5.74, 6) is 0.222. The van der Waals surface area contributed by atoms with Crippen molar-refractivity contribution in [2.75, 3.05) is 6.54 Å². The third kappa shape index (κ3) is 2.99. The molecule has 118 valence electrons. The Bertz CT molecular complexity index is 756. The summed E-state index contributed by atoms with van der Waals surface area (Å²) in [6.45, 7) is 0.520. The van der Waals surface area contributed by atoms with Crippen molar-refractivity contribution in [1.82, 2.24) is 9.71 Å². The number of hydrogen-bond acceptors (Lipinski definition) is 4. The predicted octanol–water partition coefficient (Wildman–Crippen LogP) is 2.03. The smallest absolute Gasteiger partial charge is 0.241 e. The number of rotatable bonds is 4. The predicted molar refractivity (Wildman–Crippen MR) is 86.9 cm³/mol. The van der Waals surface area contributed by atoms with Gasteiger partial charge in [-0.1, -0.05) is 25.0 Å². The van der Waals surface area contributed by atoms with Gasteiger partial charge in [-0.15, -0.1) is 0 Å². The van der Waals surface area contributed by atoms with Gasteiger partial charge >= 0.3 is 0 Å². The standard InChI is InChI=1S/C16H21N3O2S/c17-10-12-4-1-2-6-15(12)19-22(20,21)16-7-3-5-13-11-18-9-8-14(13)16/h3,5,7-9,11-12,15,19H,1-2,4,6,10,17H2/t12-,15-/m1/s1. The van der Waals surface area contributed by atoms with E-state index in [-0.39, 0.29) is 12.0 Å². The van der Waals surface area contributed by atoms with Gasteiger partial charge in [0.15, 0.2) is 0 Å². The van der Waals surface area contributed by atoms with Crippen molar-refractivity contribution in [2.24, 2.45) is 11.7 Å². The molecule has 0 spiro atoms. The molecule has 3 N–H and O–H groups in total. The molecule has 2 atom stereocenters. The van der Waals surface area contributed by atoms with Gasteiger partial charge in [0.25, 0.3) is 0 Å². The summed E-state index contributed by atoms with van der Waals surface area (Å²) in [6, 6.07) is 6.93. The molecule has 0 bridgehead atoms. The van der Waals surface area contributed by atoms with Crippen LogP contribution in [0.3, 0.4) is 0 Å². The number of nitrogens with one attached hydrogen (secondary N) is 1. The molecule has 2 aromatic rings. The van der Waals surface area contributed by atoms with E-state index in [1.165, 1.54) is 0 Å². The Morgan fingerprint density at radius 3 is 2.86 bits per heavy atom. The minimum atomic E-state index is -3.56. The van der Waals surface area contributed by atoms with Crippen LogP contribution >= 0.6 is 0 Å². The highest BCUT2D eigenvalue weighted by Gasteiger charge is 2.29. The van der Waals surface area contributed by atoms with Crippen LogP contribution in [-0.2, 0) is 10.0 Å². The van der Waals surface area contributed by atoms with Gasteiger partial charge in [0, 0.05) is 29.2 Å². The second-order valence-corrected chi connectivity index (χ2v) is 7.54. The van der Waals surface area contributed by atoms with Crippen molar-refractivity contribution < 1.29 is 8.42 Å². The van der Waals surface area contributed by atoms with Gasteiger partial charge in [-0.05, 0) is 37.4 Å². The zero-order valence-electron chi connectivity index (χ0n) is 12.4. The van der Waals surface area contributed by atoms with Crippen LogP contribution in [0.5, 0.6) is 0 Å². The van der Waals surface area contributed by atoms with E-state index in [0.29, 0.717) is 16.8 Å². The molecule has 1 aliphatic rings. The van der Waals surface area contributed by atoms with Crippen molar-refractivity contribution >= 4 is 20.8 Å². The highest BCUT2D eigenvalue weighted by molar-refractivity contribution is 7.89. The molecule has 1 aromatic heterocycles. The minimum Gasteiger partial charge on any atom is -0.330 e. The summed E-state index contributed by atoms with van der Waals surface area (Å²) in [5, 5.41) is 1.52. The van der Waals surface area contributed by atoms with Gasteiger partial charge in [-0.25, -0.2) is 13.1 Å². The number of nitrogens with zero attached hydrogens (tertiary/aromatic N) is 1. The number of pyridine rings is 1. The molecular weight excluding hydrogens is 298 g/mol. The molecule has 0 radical (unpaired) electrons. The van der Waals surface area contributed by atoms with E-state index in [1.54, 1.807) is 30.6 Å². The first kappa shape index (κ1) is 15.4. The molecule has 0 aliphatic heterocycles. The molecule has 22 heavy (non-hydrogen) atoms. The van der Waals surface area contributed by atoms with Crippen LogP contribution in [-0.4, -0.2) is 26.0 Å². The summed E-state index contributed by atoms with van der Waals surface area (Å²) in [6.07, 6.45) is 7.31. The van der Waals surface area contributed by atoms with Crippen molar-refractivity contribution in [3.05, 3.63) is 36.7 Å². The maximum absolute atomic E-state index is 12.8. The monoisotopic (exact) mass is 319 g/mol. The maximum atomic E-state index is 12.8. The van der Waals surface area contributed by atoms with Crippen molar-refractivity contribution in [2.45, 2.75) is 36.6 Å². The van der Waals surface area contributed by atoms with Crippen LogP contribution < -0.4 is 10.5 Å². The van der Waals surface area contributed by atoms with Gasteiger partial charge in [0.05, 0.1) is 4.90 Å². The molecule has 0 unspecified atom stereocenters. The molecule has 1 aliphatic carbocycles. The zero-order chi connectivity index (χ0) is 15.6. The van der Waals surface area contributed by atoms with E-state index in [2.05, 4.69) is 9.71 Å². The van der Waals surface area contributed by atoms with E-state index in [0.717, 1.165) is 31.1 Å². The third-order valence-corrected chi connectivity index (χ3v) is 6.00. The topological polar surface area (TPSA) is 85.1 Å². The van der Waals surface area contributed by atoms with E-state index < -0.39 is 10.0 Å². The highest BCUT2D eigenvalue weighted by Crippen LogP contribution is 2.27. The number of benzene rings is 1. The average Bonchev–Trinajstić information content (AvgIpc) is 2.54. The Morgan fingerprint density at radius 1 is 1.23 bits per heavy atom. The molecule has 1 fully saturated rings. The molecule has 3 rings (SSSR count). The zero-order valence-corrected chi connectivity index (χ0v) is 13.2. The van der Waals surface area contributed by atoms with Crippen LogP contribution in [0.2, 0.25) is 0 Å². The molecule has 0 saturated heterocycles. The van der Waals surface area contributed by atoms with Gasteiger partial charge in [0.2, 0.25) is 10.0 Å². The first-order valence-electron chi connectivity index (χ1n) is 7.67. The lowest BCUT2D eigenvalue weighted by molar-refractivity contribution is 0.296. The highest BCUT2D eigenvalue weighted by atomic mass is 32.2. The van der Waals surface area contributed by atoms with Crippen molar-refractivity contribution in [1.29, 1.82) is 0 Å². The molecule has 6 heteroatoms. The molecule has 0 amide bonds. The van der Waals surface area contributed by atoms with E-state index >= 15 is 0 Å². The van der Waals surface area contributed by atoms with Crippen molar-refractivity contribution in [3.8, 4) is 0 Å². The number of hydrogen-bond donors (Lipinski definition) is 2. The Balaban J connectivity index is 1.95. The van der Waals surface area contributed by atoms with Crippen LogP contribution in [0.25, 0.3) is 10.8 Å². The van der Waals surface area contributed by atoms with Gasteiger partial charge in [0.1, 0.15) is 0 Å². The molecule has 5 nitrogen and oxygen atoms in total. The third-order valence-electron chi connectivity index (χ3n) is 4.45. The van der Waals surface area contributed by atoms with E-state index in [4.69, 9.17) is 5.73 Å². The van der Waals surface area contributed by atoms with Crippen LogP contribution in [0.4, 0.5) is 0 Å². The van der Waals surface area contributed by atoms with Crippen LogP contribution in [0.15, 0.2) is 41.6 Å². The summed E-state index contributed by atoms with van der Waals surface area (Å²) in [7, 11) is -3.56. The van der Waals surface area contributed by atoms with E-state index in [1.807, 2.05) is 6.07 Å². The fourth-order valence-electron chi connectivity index (χ4n) is 3.23. The van der Waals surface area contributed by atoms with Crippen LogP contribution in [0.1, 0.15) is 25.7 Å². The molecule has 1 heterocycles. The quantitative estimate of drug-likeness (QED) is 0.903. The Morgan fingerprint density at radius 2 is 2.05 bits per heavy atom. The largest absolute Gasteiger partial charge is 0.330 e. The van der Waals surface area contributed by atoms with Gasteiger partial charge in [-0.2, -0.15) is 0 Å². The molecular formula is C16H21N3O2S.